The van der Waals surface area contributed by atoms with Gasteiger partial charge in [0, 0.05) is 51.9 Å². The smallest absolute Gasteiger partial charge is 0.239 e. The number of fused-ring (bicyclic) bond motifs is 2. The van der Waals surface area contributed by atoms with Gasteiger partial charge in [-0.25, -0.2) is 9.97 Å². The number of aliphatic hydroxyl groups excluding tert-OH is 1. The molecule has 0 atom stereocenters. The standard InChI is InChI=1S/C27H37N9O2/c1-19-28-20-7-5-6-8-21(20)36(19)26-30-24-23(25(31-26)34-13-15-38-16-14-34)29-22(32(24)4)17-33-9-11-35(12-10-33)27(2,3)18-37/h5-8,37H,9-18H2,1-4H3. The van der Waals surface area contributed by atoms with Gasteiger partial charge >= 0.3 is 0 Å². The lowest BCUT2D eigenvalue weighted by atomic mass is 10.0. The molecule has 5 heterocycles. The molecule has 2 fully saturated rings. The van der Waals surface area contributed by atoms with Gasteiger partial charge in [0.25, 0.3) is 0 Å². The summed E-state index contributed by atoms with van der Waals surface area (Å²) in [6, 6.07) is 8.10. The number of piperazine rings is 1. The van der Waals surface area contributed by atoms with Gasteiger partial charge < -0.3 is 19.3 Å². The number of ether oxygens (including phenoxy) is 1. The Morgan fingerprint density at radius 2 is 1.68 bits per heavy atom. The van der Waals surface area contributed by atoms with Crippen LogP contribution in [0.4, 0.5) is 5.82 Å². The molecule has 2 saturated heterocycles. The van der Waals surface area contributed by atoms with Crippen LogP contribution in [0.3, 0.4) is 0 Å². The molecule has 0 spiro atoms. The zero-order valence-electron chi connectivity index (χ0n) is 22.8. The summed E-state index contributed by atoms with van der Waals surface area (Å²) in [5.74, 6) is 3.29. The van der Waals surface area contributed by atoms with Crippen molar-refractivity contribution in [3.63, 3.8) is 0 Å². The molecule has 0 unspecified atom stereocenters. The molecule has 202 valence electrons. The van der Waals surface area contributed by atoms with Gasteiger partial charge in [-0.1, -0.05) is 12.1 Å². The number of imidazole rings is 2. The Labute approximate surface area is 222 Å². The van der Waals surface area contributed by atoms with E-state index in [4.69, 9.17) is 24.7 Å². The number of nitrogens with zero attached hydrogens (tertiary/aromatic N) is 9. The minimum absolute atomic E-state index is 0.161. The molecule has 0 amide bonds. The van der Waals surface area contributed by atoms with Crippen LogP contribution in [0.15, 0.2) is 24.3 Å². The van der Waals surface area contributed by atoms with E-state index in [9.17, 15) is 5.11 Å². The predicted molar refractivity (Wildman–Crippen MR) is 147 cm³/mol. The third-order valence-electron chi connectivity index (χ3n) is 8.00. The molecule has 2 aliphatic rings. The molecular weight excluding hydrogens is 482 g/mol. The summed E-state index contributed by atoms with van der Waals surface area (Å²) in [5.41, 5.74) is 3.37. The number of benzene rings is 1. The molecule has 3 aromatic heterocycles. The van der Waals surface area contributed by atoms with Crippen LogP contribution in [-0.4, -0.2) is 109 Å². The van der Waals surface area contributed by atoms with Crippen molar-refractivity contribution >= 4 is 28.0 Å². The summed E-state index contributed by atoms with van der Waals surface area (Å²) >= 11 is 0. The molecule has 11 heteroatoms. The molecule has 0 radical (unpaired) electrons. The first-order chi connectivity index (χ1) is 18.4. The number of rotatable bonds is 6. The molecule has 11 nitrogen and oxygen atoms in total. The van der Waals surface area contributed by atoms with E-state index in [0.717, 1.165) is 85.5 Å². The van der Waals surface area contributed by atoms with Crippen molar-refractivity contribution in [3.05, 3.63) is 35.9 Å². The second-order valence-corrected chi connectivity index (χ2v) is 10.9. The molecule has 1 N–H and O–H groups in total. The third kappa shape index (κ3) is 4.43. The van der Waals surface area contributed by atoms with Crippen LogP contribution < -0.4 is 4.90 Å². The highest BCUT2D eigenvalue weighted by molar-refractivity contribution is 5.86. The second kappa shape index (κ2) is 9.88. The van der Waals surface area contributed by atoms with Crippen molar-refractivity contribution in [2.75, 3.05) is 64.0 Å². The van der Waals surface area contributed by atoms with Gasteiger partial charge in [-0.15, -0.1) is 0 Å². The Morgan fingerprint density at radius 1 is 0.947 bits per heavy atom. The van der Waals surface area contributed by atoms with Crippen molar-refractivity contribution in [2.45, 2.75) is 32.9 Å². The molecule has 0 bridgehead atoms. The van der Waals surface area contributed by atoms with E-state index in [1.807, 2.05) is 29.7 Å². The van der Waals surface area contributed by atoms with Crippen LogP contribution in [0.2, 0.25) is 0 Å². The molecule has 0 saturated carbocycles. The molecule has 0 aliphatic carbocycles. The van der Waals surface area contributed by atoms with Gasteiger partial charge in [-0.05, 0) is 32.9 Å². The lowest BCUT2D eigenvalue weighted by Crippen LogP contribution is -2.55. The van der Waals surface area contributed by atoms with Crippen molar-refractivity contribution < 1.29 is 9.84 Å². The van der Waals surface area contributed by atoms with E-state index in [1.54, 1.807) is 0 Å². The minimum Gasteiger partial charge on any atom is -0.394 e. The molecular formula is C27H37N9O2. The quantitative estimate of drug-likeness (QED) is 0.408. The fourth-order valence-corrected chi connectivity index (χ4v) is 5.53. The summed E-state index contributed by atoms with van der Waals surface area (Å²) in [6.07, 6.45) is 0. The van der Waals surface area contributed by atoms with Crippen LogP contribution in [0.1, 0.15) is 25.5 Å². The maximum absolute atomic E-state index is 9.77. The van der Waals surface area contributed by atoms with Crippen molar-refractivity contribution in [2.24, 2.45) is 7.05 Å². The number of hydrogen-bond donors (Lipinski definition) is 1. The average molecular weight is 520 g/mol. The predicted octanol–water partition coefficient (Wildman–Crippen LogP) is 1.74. The Balaban J connectivity index is 1.38. The van der Waals surface area contributed by atoms with Crippen molar-refractivity contribution in [3.8, 4) is 5.95 Å². The van der Waals surface area contributed by atoms with Crippen LogP contribution in [0.25, 0.3) is 28.1 Å². The topological polar surface area (TPSA) is 101 Å². The van der Waals surface area contributed by atoms with Crippen molar-refractivity contribution in [1.29, 1.82) is 0 Å². The summed E-state index contributed by atoms with van der Waals surface area (Å²) in [4.78, 5) is 27.1. The fourth-order valence-electron chi connectivity index (χ4n) is 5.53. The highest BCUT2D eigenvalue weighted by atomic mass is 16.5. The van der Waals surface area contributed by atoms with E-state index >= 15 is 0 Å². The number of morpholine rings is 1. The lowest BCUT2D eigenvalue weighted by molar-refractivity contribution is 0.0141. The number of aromatic nitrogens is 6. The third-order valence-corrected chi connectivity index (χ3v) is 8.00. The van der Waals surface area contributed by atoms with Gasteiger partial charge in [-0.2, -0.15) is 9.97 Å². The Bertz CT molecular complexity index is 1450. The van der Waals surface area contributed by atoms with Crippen molar-refractivity contribution in [1.82, 2.24) is 38.9 Å². The number of aryl methyl sites for hydroxylation is 2. The van der Waals surface area contributed by atoms with E-state index < -0.39 is 0 Å². The Morgan fingerprint density at radius 3 is 2.42 bits per heavy atom. The zero-order valence-corrected chi connectivity index (χ0v) is 22.8. The first-order valence-corrected chi connectivity index (χ1v) is 13.4. The van der Waals surface area contributed by atoms with Gasteiger partial charge in [0.15, 0.2) is 17.0 Å². The summed E-state index contributed by atoms with van der Waals surface area (Å²) < 4.78 is 9.78. The number of para-hydroxylation sites is 2. The Kier molecular flexibility index (Phi) is 6.55. The Hall–Kier alpha value is -3.12. The van der Waals surface area contributed by atoms with Gasteiger partial charge in [-0.3, -0.25) is 14.4 Å². The van der Waals surface area contributed by atoms with Gasteiger partial charge in [0.1, 0.15) is 11.6 Å². The first kappa shape index (κ1) is 25.2. The number of anilines is 1. The van der Waals surface area contributed by atoms with Crippen LogP contribution in [0.5, 0.6) is 0 Å². The molecule has 6 rings (SSSR count). The molecule has 38 heavy (non-hydrogen) atoms. The van der Waals surface area contributed by atoms with Crippen LogP contribution in [0, 0.1) is 6.92 Å². The second-order valence-electron chi connectivity index (χ2n) is 10.9. The van der Waals surface area contributed by atoms with Gasteiger partial charge in [0.2, 0.25) is 5.95 Å². The van der Waals surface area contributed by atoms with Crippen LogP contribution >= 0.6 is 0 Å². The highest BCUT2D eigenvalue weighted by Gasteiger charge is 2.30. The van der Waals surface area contributed by atoms with E-state index in [1.165, 1.54) is 0 Å². The van der Waals surface area contributed by atoms with Crippen LogP contribution in [-0.2, 0) is 18.3 Å². The maximum atomic E-state index is 9.77. The first-order valence-electron chi connectivity index (χ1n) is 13.4. The lowest BCUT2D eigenvalue weighted by Gasteiger charge is -2.43. The largest absolute Gasteiger partial charge is 0.394 e. The van der Waals surface area contributed by atoms with E-state index in [-0.39, 0.29) is 12.1 Å². The number of aliphatic hydroxyl groups is 1. The monoisotopic (exact) mass is 519 g/mol. The van der Waals surface area contributed by atoms with E-state index in [2.05, 4.69) is 46.2 Å². The summed E-state index contributed by atoms with van der Waals surface area (Å²) in [7, 11) is 2.05. The summed E-state index contributed by atoms with van der Waals surface area (Å²) in [6.45, 7) is 13.7. The molecule has 4 aromatic rings. The molecule has 1 aromatic carbocycles. The molecule has 2 aliphatic heterocycles. The normalized spacial score (nSPS) is 18.2. The fraction of sp³-hybridized carbons (Fsp3) is 0.556. The van der Waals surface area contributed by atoms with E-state index in [0.29, 0.717) is 19.2 Å². The number of hydrogen-bond acceptors (Lipinski definition) is 9. The maximum Gasteiger partial charge on any atom is 0.239 e. The zero-order chi connectivity index (χ0) is 26.4. The SMILES string of the molecule is Cc1nc2ccccc2n1-c1nc(N2CCOCC2)c2nc(CN3CCN(C(C)(C)CO)CC3)n(C)c2n1. The minimum atomic E-state index is -0.196. The summed E-state index contributed by atoms with van der Waals surface area (Å²) in [5, 5.41) is 9.77. The highest BCUT2D eigenvalue weighted by Crippen LogP contribution is 2.28. The average Bonchev–Trinajstić information content (AvgIpc) is 3.44. The van der Waals surface area contributed by atoms with Gasteiger partial charge in [0.05, 0.1) is 37.4 Å².